The number of carboxylic acids is 3. The largest absolute Gasteiger partial charge is 0.481 e. The van der Waals surface area contributed by atoms with Gasteiger partial charge >= 0.3 is 17.9 Å². The molecule has 468 valence electrons. The normalized spacial score (nSPS) is 11.8. The molecule has 0 fully saturated rings. The first-order valence-corrected chi connectivity index (χ1v) is 35.3. The van der Waals surface area contributed by atoms with Crippen LogP contribution in [0.1, 0.15) is 415 Å². The molecular formula is C72H144O6. The third-order valence-electron chi connectivity index (χ3n) is 16.4. The fraction of sp³-hybridized carbons (Fsp3) is 0.958. The zero-order chi connectivity index (χ0) is 58.2. The van der Waals surface area contributed by atoms with Crippen molar-refractivity contribution in [3.05, 3.63) is 0 Å². The predicted octanol–water partition coefficient (Wildman–Crippen LogP) is 25.3. The number of carboxylic acid groups (broad SMARTS) is 3. The molecule has 0 saturated heterocycles. The van der Waals surface area contributed by atoms with Gasteiger partial charge in [-0.1, -0.05) is 376 Å². The minimum Gasteiger partial charge on any atom is -0.481 e. The van der Waals surface area contributed by atoms with E-state index in [0.29, 0.717) is 12.8 Å². The maximum atomic E-state index is 11.7. The Morgan fingerprint density at radius 3 is 0.462 bits per heavy atom. The molecule has 0 aliphatic heterocycles. The Balaban J connectivity index is -0.00000119. The van der Waals surface area contributed by atoms with E-state index in [-0.39, 0.29) is 5.92 Å². The van der Waals surface area contributed by atoms with Crippen LogP contribution < -0.4 is 0 Å². The van der Waals surface area contributed by atoms with Crippen LogP contribution in [0.2, 0.25) is 0 Å². The van der Waals surface area contributed by atoms with Crippen molar-refractivity contribution in [3.8, 4) is 0 Å². The standard InChI is InChI=1S/C36H72O2.2C18H36O2/c1-33(2)29-25-21-17-13-9-6-5-7-11-15-19-23-27-31-35(36(37)38)32-28-24-20-16-12-8-10-14-18-22-26-30-34(3)4;2*1-17(2)15-13-11-9-7-5-3-4-6-8-10-12-14-16-18(19)20/h33-35H,5-32H2,1-4H3,(H,37,38);2*17H,3-16H2,1-2H3,(H,19,20). The van der Waals surface area contributed by atoms with Crippen molar-refractivity contribution in [1.82, 2.24) is 0 Å². The van der Waals surface area contributed by atoms with Gasteiger partial charge in [-0.15, -0.1) is 0 Å². The van der Waals surface area contributed by atoms with E-state index in [1.807, 2.05) is 0 Å². The fourth-order valence-corrected chi connectivity index (χ4v) is 11.0. The van der Waals surface area contributed by atoms with E-state index < -0.39 is 17.9 Å². The second-order valence-corrected chi connectivity index (χ2v) is 26.6. The van der Waals surface area contributed by atoms with Gasteiger partial charge in [-0.25, -0.2) is 0 Å². The molecule has 1 atom stereocenters. The second-order valence-electron chi connectivity index (χ2n) is 26.6. The summed E-state index contributed by atoms with van der Waals surface area (Å²) in [7, 11) is 0. The zero-order valence-electron chi connectivity index (χ0n) is 54.6. The average molecular weight is 1110 g/mol. The molecule has 0 aromatic carbocycles. The minimum absolute atomic E-state index is 0.101. The summed E-state index contributed by atoms with van der Waals surface area (Å²) in [6.45, 7) is 18.5. The van der Waals surface area contributed by atoms with Gasteiger partial charge in [0.05, 0.1) is 5.92 Å². The van der Waals surface area contributed by atoms with Crippen LogP contribution in [-0.4, -0.2) is 33.2 Å². The summed E-state index contributed by atoms with van der Waals surface area (Å²) < 4.78 is 0. The van der Waals surface area contributed by atoms with E-state index in [1.165, 1.54) is 295 Å². The molecule has 0 heterocycles. The lowest BCUT2D eigenvalue weighted by molar-refractivity contribution is -0.142. The predicted molar refractivity (Wildman–Crippen MR) is 344 cm³/mol. The summed E-state index contributed by atoms with van der Waals surface area (Å²) in [5.41, 5.74) is 0. The molecule has 0 amide bonds. The highest BCUT2D eigenvalue weighted by Crippen LogP contribution is 2.22. The highest BCUT2D eigenvalue weighted by atomic mass is 16.4. The van der Waals surface area contributed by atoms with E-state index in [2.05, 4.69) is 55.4 Å². The molecule has 78 heavy (non-hydrogen) atoms. The summed E-state index contributed by atoms with van der Waals surface area (Å²) in [6.07, 6.45) is 71.7. The maximum absolute atomic E-state index is 11.7. The zero-order valence-corrected chi connectivity index (χ0v) is 54.6. The first-order valence-electron chi connectivity index (χ1n) is 35.3. The second kappa shape index (κ2) is 67.9. The number of hydrogen-bond donors (Lipinski definition) is 3. The van der Waals surface area contributed by atoms with Gasteiger partial charge < -0.3 is 15.3 Å². The van der Waals surface area contributed by atoms with Gasteiger partial charge in [0.25, 0.3) is 0 Å². The Bertz CT molecular complexity index is 1120. The molecule has 6 heteroatoms. The molecule has 0 aliphatic rings. The van der Waals surface area contributed by atoms with Gasteiger partial charge in [-0.05, 0) is 49.4 Å². The SMILES string of the molecule is CC(C)CCCCCCCCCCCCCCC(=O)O.CC(C)CCCCCCCCCCCCCCC(=O)O.CC(C)CCCCCCCCCCCCCCCC(CCCCCCCCCCCCCC(C)C)C(=O)O. The molecule has 0 rings (SSSR count). The molecule has 0 aromatic rings. The van der Waals surface area contributed by atoms with Crippen LogP contribution in [0.3, 0.4) is 0 Å². The Kier molecular flexibility index (Phi) is 70.2. The number of unbranched alkanes of at least 4 members (excludes halogenated alkanes) is 44. The molecule has 0 aliphatic carbocycles. The molecule has 0 aromatic heterocycles. The highest BCUT2D eigenvalue weighted by molar-refractivity contribution is 5.69. The lowest BCUT2D eigenvalue weighted by Gasteiger charge is -2.12. The van der Waals surface area contributed by atoms with E-state index >= 15 is 0 Å². The van der Waals surface area contributed by atoms with E-state index in [9.17, 15) is 19.5 Å². The van der Waals surface area contributed by atoms with Crippen LogP contribution >= 0.6 is 0 Å². The first kappa shape index (κ1) is 80.6. The van der Waals surface area contributed by atoms with Crippen molar-refractivity contribution in [3.63, 3.8) is 0 Å². The van der Waals surface area contributed by atoms with Crippen LogP contribution in [0.25, 0.3) is 0 Å². The van der Waals surface area contributed by atoms with Gasteiger partial charge in [-0.3, -0.25) is 14.4 Å². The monoisotopic (exact) mass is 1110 g/mol. The third-order valence-corrected chi connectivity index (χ3v) is 16.4. The Hall–Kier alpha value is -1.59. The molecule has 0 spiro atoms. The molecule has 0 bridgehead atoms. The summed E-state index contributed by atoms with van der Waals surface area (Å²) >= 11 is 0. The minimum atomic E-state index is -0.654. The van der Waals surface area contributed by atoms with Crippen molar-refractivity contribution < 1.29 is 29.7 Å². The number of aliphatic carboxylic acids is 3. The third kappa shape index (κ3) is 80.9. The smallest absolute Gasteiger partial charge is 0.306 e. The molecule has 1 unspecified atom stereocenters. The van der Waals surface area contributed by atoms with Gasteiger partial charge in [0.1, 0.15) is 0 Å². The van der Waals surface area contributed by atoms with Crippen LogP contribution in [0.5, 0.6) is 0 Å². The summed E-state index contributed by atoms with van der Waals surface area (Å²) in [5.74, 6) is 1.49. The van der Waals surface area contributed by atoms with Crippen molar-refractivity contribution in [2.24, 2.45) is 29.6 Å². The Morgan fingerprint density at radius 1 is 0.205 bits per heavy atom. The van der Waals surface area contributed by atoms with Crippen LogP contribution in [0.4, 0.5) is 0 Å². The van der Waals surface area contributed by atoms with Crippen molar-refractivity contribution in [2.75, 3.05) is 0 Å². The maximum Gasteiger partial charge on any atom is 0.306 e. The highest BCUT2D eigenvalue weighted by Gasteiger charge is 2.16. The quantitative estimate of drug-likeness (QED) is 0.0523. The summed E-state index contributed by atoms with van der Waals surface area (Å²) in [6, 6.07) is 0. The summed E-state index contributed by atoms with van der Waals surface area (Å²) in [4.78, 5) is 32.3. The molecule has 6 nitrogen and oxygen atoms in total. The molecule has 0 saturated carbocycles. The van der Waals surface area contributed by atoms with E-state index in [0.717, 1.165) is 75.0 Å². The van der Waals surface area contributed by atoms with Crippen molar-refractivity contribution in [1.29, 1.82) is 0 Å². The summed E-state index contributed by atoms with van der Waals surface area (Å²) in [5, 5.41) is 26.6. The molecule has 3 N–H and O–H groups in total. The molecule has 0 radical (unpaired) electrons. The van der Waals surface area contributed by atoms with Crippen molar-refractivity contribution in [2.45, 2.75) is 415 Å². The fourth-order valence-electron chi connectivity index (χ4n) is 11.0. The topological polar surface area (TPSA) is 112 Å². The number of rotatable bonds is 61. The van der Waals surface area contributed by atoms with Gasteiger partial charge in [0, 0.05) is 12.8 Å². The molecular weight excluding hydrogens is 961 g/mol. The first-order chi connectivity index (χ1) is 37.7. The van der Waals surface area contributed by atoms with Crippen LogP contribution in [-0.2, 0) is 14.4 Å². The lowest BCUT2D eigenvalue weighted by Crippen LogP contribution is -2.13. The Labute approximate surface area is 490 Å². The van der Waals surface area contributed by atoms with Gasteiger partial charge in [0.2, 0.25) is 0 Å². The van der Waals surface area contributed by atoms with Crippen molar-refractivity contribution >= 4 is 17.9 Å². The number of carbonyl (C=O) groups is 3. The van der Waals surface area contributed by atoms with Crippen LogP contribution in [0, 0.1) is 29.6 Å². The van der Waals surface area contributed by atoms with E-state index in [4.69, 9.17) is 10.2 Å². The average Bonchev–Trinajstić information content (AvgIpc) is 3.38. The number of hydrogen-bond acceptors (Lipinski definition) is 3. The van der Waals surface area contributed by atoms with Gasteiger partial charge in [0.15, 0.2) is 0 Å². The van der Waals surface area contributed by atoms with Gasteiger partial charge in [-0.2, -0.15) is 0 Å². The lowest BCUT2D eigenvalue weighted by atomic mass is 9.94. The van der Waals surface area contributed by atoms with E-state index in [1.54, 1.807) is 0 Å². The van der Waals surface area contributed by atoms with Crippen LogP contribution in [0.15, 0.2) is 0 Å². The Morgan fingerprint density at radius 2 is 0.333 bits per heavy atom.